The highest BCUT2D eigenvalue weighted by molar-refractivity contribution is 5.76. The molecule has 0 bridgehead atoms. The van der Waals surface area contributed by atoms with Crippen molar-refractivity contribution < 1.29 is 9.32 Å². The summed E-state index contributed by atoms with van der Waals surface area (Å²) in [6.07, 6.45) is 1.77. The van der Waals surface area contributed by atoms with Crippen molar-refractivity contribution in [2.45, 2.75) is 32.7 Å². The summed E-state index contributed by atoms with van der Waals surface area (Å²) in [4.78, 5) is 18.9. The summed E-state index contributed by atoms with van der Waals surface area (Å²) in [6, 6.07) is 16.3. The molecule has 0 fully saturated rings. The van der Waals surface area contributed by atoms with E-state index >= 15 is 0 Å². The van der Waals surface area contributed by atoms with Crippen LogP contribution in [0.15, 0.2) is 53.1 Å². The third-order valence-electron chi connectivity index (χ3n) is 4.81. The number of aryl methyl sites for hydroxylation is 2. The third-order valence-corrected chi connectivity index (χ3v) is 4.81. The summed E-state index contributed by atoms with van der Waals surface area (Å²) in [5, 5.41) is 4.03. The van der Waals surface area contributed by atoms with Crippen molar-refractivity contribution >= 4 is 5.91 Å². The molecule has 1 amide bonds. The number of aromatic nitrogens is 2. The summed E-state index contributed by atoms with van der Waals surface area (Å²) in [5.41, 5.74) is 4.69. The van der Waals surface area contributed by atoms with E-state index < -0.39 is 0 Å². The molecule has 2 heterocycles. The van der Waals surface area contributed by atoms with Crippen LogP contribution in [0.3, 0.4) is 0 Å². The Bertz CT molecular complexity index is 915. The standard InChI is InChI=1S/C21H21N3O2/c1-15-6-8-17(9-7-15)21-22-19(26-23-21)10-11-20(25)24-13-12-16-4-2-3-5-18(16)14-24/h2-9H,10-14H2,1H3. The van der Waals surface area contributed by atoms with E-state index in [1.165, 1.54) is 16.7 Å². The Hall–Kier alpha value is -2.95. The van der Waals surface area contributed by atoms with Gasteiger partial charge in [-0.1, -0.05) is 59.3 Å². The number of amides is 1. The van der Waals surface area contributed by atoms with Gasteiger partial charge in [0.25, 0.3) is 0 Å². The van der Waals surface area contributed by atoms with Crippen LogP contribution < -0.4 is 0 Å². The number of hydrogen-bond acceptors (Lipinski definition) is 4. The molecule has 0 unspecified atom stereocenters. The van der Waals surface area contributed by atoms with Crippen LogP contribution in [0, 0.1) is 6.92 Å². The molecule has 2 aromatic carbocycles. The summed E-state index contributed by atoms with van der Waals surface area (Å²) in [5.74, 6) is 1.21. The van der Waals surface area contributed by atoms with Crippen molar-refractivity contribution in [2.24, 2.45) is 0 Å². The van der Waals surface area contributed by atoms with Crippen molar-refractivity contribution in [3.8, 4) is 11.4 Å². The fourth-order valence-electron chi connectivity index (χ4n) is 3.26. The maximum Gasteiger partial charge on any atom is 0.227 e. The predicted molar refractivity (Wildman–Crippen MR) is 98.4 cm³/mol. The molecule has 4 rings (SSSR count). The van der Waals surface area contributed by atoms with Crippen LogP contribution in [-0.2, 0) is 24.2 Å². The summed E-state index contributed by atoms with van der Waals surface area (Å²) in [6.45, 7) is 3.50. The molecule has 0 atom stereocenters. The average Bonchev–Trinajstić information content (AvgIpc) is 3.15. The van der Waals surface area contributed by atoms with E-state index in [4.69, 9.17) is 4.52 Å². The number of nitrogens with zero attached hydrogens (tertiary/aromatic N) is 3. The molecule has 26 heavy (non-hydrogen) atoms. The van der Waals surface area contributed by atoms with Gasteiger partial charge in [0.2, 0.25) is 17.6 Å². The Kier molecular flexibility index (Phi) is 4.52. The van der Waals surface area contributed by atoms with E-state index in [2.05, 4.69) is 28.3 Å². The van der Waals surface area contributed by atoms with E-state index in [9.17, 15) is 4.79 Å². The minimum absolute atomic E-state index is 0.134. The number of hydrogen-bond donors (Lipinski definition) is 0. The van der Waals surface area contributed by atoms with Gasteiger partial charge in [-0.05, 0) is 24.5 Å². The lowest BCUT2D eigenvalue weighted by atomic mass is 9.99. The van der Waals surface area contributed by atoms with Crippen LogP contribution >= 0.6 is 0 Å². The maximum absolute atomic E-state index is 12.5. The van der Waals surface area contributed by atoms with Crippen LogP contribution in [0.2, 0.25) is 0 Å². The second kappa shape index (κ2) is 7.12. The van der Waals surface area contributed by atoms with E-state index in [1.54, 1.807) is 0 Å². The molecule has 0 aliphatic carbocycles. The molecule has 0 saturated heterocycles. The van der Waals surface area contributed by atoms with E-state index in [-0.39, 0.29) is 5.91 Å². The van der Waals surface area contributed by atoms with E-state index in [1.807, 2.05) is 42.2 Å². The molecule has 0 saturated carbocycles. The smallest absolute Gasteiger partial charge is 0.227 e. The number of fused-ring (bicyclic) bond motifs is 1. The molecule has 5 heteroatoms. The molecular formula is C21H21N3O2. The van der Waals surface area contributed by atoms with Gasteiger partial charge >= 0.3 is 0 Å². The van der Waals surface area contributed by atoms with Crippen LogP contribution in [0.1, 0.15) is 29.0 Å². The van der Waals surface area contributed by atoms with Crippen molar-refractivity contribution in [1.82, 2.24) is 15.0 Å². The molecule has 5 nitrogen and oxygen atoms in total. The highest BCUT2D eigenvalue weighted by Crippen LogP contribution is 2.20. The normalized spacial score (nSPS) is 13.5. The number of carbonyl (C=O) groups is 1. The van der Waals surface area contributed by atoms with Gasteiger partial charge in [-0.25, -0.2) is 0 Å². The second-order valence-corrected chi connectivity index (χ2v) is 6.71. The van der Waals surface area contributed by atoms with Crippen molar-refractivity contribution in [3.63, 3.8) is 0 Å². The number of rotatable bonds is 4. The van der Waals surface area contributed by atoms with Crippen molar-refractivity contribution in [1.29, 1.82) is 0 Å². The second-order valence-electron chi connectivity index (χ2n) is 6.71. The first kappa shape index (κ1) is 16.5. The minimum atomic E-state index is 0.134. The first-order chi connectivity index (χ1) is 12.7. The van der Waals surface area contributed by atoms with Crippen molar-refractivity contribution in [3.05, 3.63) is 71.1 Å². The highest BCUT2D eigenvalue weighted by atomic mass is 16.5. The maximum atomic E-state index is 12.5. The first-order valence-corrected chi connectivity index (χ1v) is 8.93. The molecular weight excluding hydrogens is 326 g/mol. The lowest BCUT2D eigenvalue weighted by Gasteiger charge is -2.28. The minimum Gasteiger partial charge on any atom is -0.339 e. The molecule has 3 aromatic rings. The van der Waals surface area contributed by atoms with Gasteiger partial charge in [-0.2, -0.15) is 4.98 Å². The molecule has 0 N–H and O–H groups in total. The highest BCUT2D eigenvalue weighted by Gasteiger charge is 2.21. The Balaban J connectivity index is 1.36. The lowest BCUT2D eigenvalue weighted by molar-refractivity contribution is -0.132. The molecule has 0 radical (unpaired) electrons. The van der Waals surface area contributed by atoms with Gasteiger partial charge < -0.3 is 9.42 Å². The Morgan fingerprint density at radius 1 is 1.12 bits per heavy atom. The summed E-state index contributed by atoms with van der Waals surface area (Å²) >= 11 is 0. The monoisotopic (exact) mass is 347 g/mol. The Labute approximate surface area is 152 Å². The topological polar surface area (TPSA) is 59.2 Å². The van der Waals surface area contributed by atoms with Crippen LogP contribution in [0.25, 0.3) is 11.4 Å². The molecule has 1 aliphatic heterocycles. The van der Waals surface area contributed by atoms with Crippen LogP contribution in [0.5, 0.6) is 0 Å². The van der Waals surface area contributed by atoms with Crippen LogP contribution in [-0.4, -0.2) is 27.5 Å². The van der Waals surface area contributed by atoms with Gasteiger partial charge in [-0.15, -0.1) is 0 Å². The third kappa shape index (κ3) is 3.52. The summed E-state index contributed by atoms with van der Waals surface area (Å²) in [7, 11) is 0. The first-order valence-electron chi connectivity index (χ1n) is 8.93. The fourth-order valence-corrected chi connectivity index (χ4v) is 3.26. The quantitative estimate of drug-likeness (QED) is 0.724. The predicted octanol–water partition coefficient (Wildman–Crippen LogP) is 3.56. The average molecular weight is 347 g/mol. The lowest BCUT2D eigenvalue weighted by Crippen LogP contribution is -2.36. The van der Waals surface area contributed by atoms with Gasteiger partial charge in [0.15, 0.2) is 0 Å². The zero-order valence-corrected chi connectivity index (χ0v) is 14.8. The Morgan fingerprint density at radius 2 is 1.88 bits per heavy atom. The van der Waals surface area contributed by atoms with Crippen molar-refractivity contribution in [2.75, 3.05) is 6.54 Å². The van der Waals surface area contributed by atoms with Gasteiger partial charge in [-0.3, -0.25) is 4.79 Å². The van der Waals surface area contributed by atoms with E-state index in [0.717, 1.165) is 18.5 Å². The largest absolute Gasteiger partial charge is 0.339 e. The zero-order valence-electron chi connectivity index (χ0n) is 14.8. The molecule has 132 valence electrons. The molecule has 1 aliphatic rings. The van der Waals surface area contributed by atoms with E-state index in [0.29, 0.717) is 31.1 Å². The summed E-state index contributed by atoms with van der Waals surface area (Å²) < 4.78 is 5.31. The van der Waals surface area contributed by atoms with Gasteiger partial charge in [0, 0.05) is 31.5 Å². The number of benzene rings is 2. The SMILES string of the molecule is Cc1ccc(-c2noc(CCC(=O)N3CCc4ccccc4C3)n2)cc1. The Morgan fingerprint density at radius 3 is 2.69 bits per heavy atom. The fraction of sp³-hybridized carbons (Fsp3) is 0.286. The van der Waals surface area contributed by atoms with Gasteiger partial charge in [0.05, 0.1) is 0 Å². The zero-order chi connectivity index (χ0) is 17.9. The molecule has 0 spiro atoms. The van der Waals surface area contributed by atoms with Gasteiger partial charge in [0.1, 0.15) is 0 Å². The molecule has 1 aromatic heterocycles. The number of carbonyl (C=O) groups excluding carboxylic acids is 1. The van der Waals surface area contributed by atoms with Crippen LogP contribution in [0.4, 0.5) is 0 Å².